The zero-order valence-electron chi connectivity index (χ0n) is 8.39. The second-order valence-electron chi connectivity index (χ2n) is 3.34. The van der Waals surface area contributed by atoms with Gasteiger partial charge in [-0.2, -0.15) is 0 Å². The minimum Gasteiger partial charge on any atom is -0.396 e. The van der Waals surface area contributed by atoms with Crippen LogP contribution in [0.25, 0.3) is 0 Å². The first-order valence-corrected chi connectivity index (χ1v) is 4.80. The molecule has 0 aliphatic heterocycles. The lowest BCUT2D eigenvalue weighted by Crippen LogP contribution is -2.15. The normalized spacial score (nSPS) is 10.5. The van der Waals surface area contributed by atoms with Crippen LogP contribution in [0.15, 0.2) is 18.2 Å². The first-order chi connectivity index (χ1) is 6.74. The molecule has 0 aliphatic rings. The van der Waals surface area contributed by atoms with Gasteiger partial charge >= 0.3 is 0 Å². The molecule has 0 saturated carbocycles. The average Bonchev–Trinajstić information content (AvgIpc) is 2.18. The second kappa shape index (κ2) is 5.73. The molecule has 14 heavy (non-hydrogen) atoms. The summed E-state index contributed by atoms with van der Waals surface area (Å²) in [6.45, 7) is 3.34. The molecule has 0 radical (unpaired) electrons. The Morgan fingerprint density at radius 3 is 2.86 bits per heavy atom. The van der Waals surface area contributed by atoms with E-state index < -0.39 is 0 Å². The van der Waals surface area contributed by atoms with Crippen LogP contribution in [0.1, 0.15) is 17.5 Å². The average molecular weight is 197 g/mol. The van der Waals surface area contributed by atoms with E-state index in [0.29, 0.717) is 12.1 Å². The van der Waals surface area contributed by atoms with Crippen molar-refractivity contribution in [2.45, 2.75) is 19.9 Å². The monoisotopic (exact) mass is 197 g/mol. The second-order valence-corrected chi connectivity index (χ2v) is 3.34. The van der Waals surface area contributed by atoms with Gasteiger partial charge in [0.2, 0.25) is 0 Å². The van der Waals surface area contributed by atoms with Gasteiger partial charge in [0.05, 0.1) is 0 Å². The van der Waals surface area contributed by atoms with E-state index in [2.05, 4.69) is 5.32 Å². The van der Waals surface area contributed by atoms with E-state index in [9.17, 15) is 4.39 Å². The van der Waals surface area contributed by atoms with Gasteiger partial charge in [-0.05, 0) is 37.1 Å². The topological polar surface area (TPSA) is 32.3 Å². The summed E-state index contributed by atoms with van der Waals surface area (Å²) in [5.74, 6) is -0.161. The van der Waals surface area contributed by atoms with E-state index in [-0.39, 0.29) is 12.4 Å². The highest BCUT2D eigenvalue weighted by atomic mass is 19.1. The van der Waals surface area contributed by atoms with Gasteiger partial charge in [0.1, 0.15) is 5.82 Å². The SMILES string of the molecule is Cc1ccc(CNCCCO)cc1F. The molecule has 0 spiro atoms. The Hall–Kier alpha value is -0.930. The van der Waals surface area contributed by atoms with Gasteiger partial charge in [-0.1, -0.05) is 12.1 Å². The number of hydrogen-bond acceptors (Lipinski definition) is 2. The number of aryl methyl sites for hydroxylation is 1. The summed E-state index contributed by atoms with van der Waals surface area (Å²) in [5.41, 5.74) is 1.61. The van der Waals surface area contributed by atoms with E-state index in [0.717, 1.165) is 18.5 Å². The largest absolute Gasteiger partial charge is 0.396 e. The van der Waals surface area contributed by atoms with Crippen molar-refractivity contribution < 1.29 is 9.50 Å². The number of rotatable bonds is 5. The van der Waals surface area contributed by atoms with Crippen LogP contribution in [0.2, 0.25) is 0 Å². The highest BCUT2D eigenvalue weighted by molar-refractivity contribution is 5.23. The highest BCUT2D eigenvalue weighted by Gasteiger charge is 1.98. The Balaban J connectivity index is 2.39. The molecule has 1 rings (SSSR count). The summed E-state index contributed by atoms with van der Waals surface area (Å²) < 4.78 is 13.1. The van der Waals surface area contributed by atoms with Crippen molar-refractivity contribution >= 4 is 0 Å². The van der Waals surface area contributed by atoms with Crippen molar-refractivity contribution in [3.05, 3.63) is 35.1 Å². The van der Waals surface area contributed by atoms with E-state index >= 15 is 0 Å². The van der Waals surface area contributed by atoms with E-state index in [4.69, 9.17) is 5.11 Å². The quantitative estimate of drug-likeness (QED) is 0.703. The summed E-state index contributed by atoms with van der Waals surface area (Å²) >= 11 is 0. The fraction of sp³-hybridized carbons (Fsp3) is 0.455. The minimum absolute atomic E-state index is 0.161. The van der Waals surface area contributed by atoms with Crippen LogP contribution in [-0.4, -0.2) is 18.3 Å². The Morgan fingerprint density at radius 1 is 1.43 bits per heavy atom. The lowest BCUT2D eigenvalue weighted by Gasteiger charge is -2.04. The molecule has 0 fully saturated rings. The van der Waals surface area contributed by atoms with Gasteiger partial charge in [0.15, 0.2) is 0 Å². The zero-order chi connectivity index (χ0) is 10.4. The molecule has 2 nitrogen and oxygen atoms in total. The number of hydrogen-bond donors (Lipinski definition) is 2. The molecule has 0 amide bonds. The predicted molar refractivity (Wildman–Crippen MR) is 54.5 cm³/mol. The molecule has 0 aliphatic carbocycles. The van der Waals surface area contributed by atoms with Gasteiger partial charge in [-0.25, -0.2) is 4.39 Å². The van der Waals surface area contributed by atoms with Gasteiger partial charge in [-0.3, -0.25) is 0 Å². The van der Waals surface area contributed by atoms with E-state index in [1.807, 2.05) is 6.07 Å². The summed E-state index contributed by atoms with van der Waals surface area (Å²) in [6, 6.07) is 5.23. The van der Waals surface area contributed by atoms with Crippen LogP contribution in [0, 0.1) is 12.7 Å². The van der Waals surface area contributed by atoms with Crippen molar-refractivity contribution in [1.29, 1.82) is 0 Å². The third kappa shape index (κ3) is 3.44. The number of nitrogens with one attached hydrogen (secondary N) is 1. The molecular weight excluding hydrogens is 181 g/mol. The molecule has 0 saturated heterocycles. The van der Waals surface area contributed by atoms with Gasteiger partial charge in [0.25, 0.3) is 0 Å². The van der Waals surface area contributed by atoms with Crippen molar-refractivity contribution in [1.82, 2.24) is 5.32 Å². The minimum atomic E-state index is -0.161. The van der Waals surface area contributed by atoms with Crippen LogP contribution < -0.4 is 5.32 Å². The molecule has 2 N–H and O–H groups in total. The summed E-state index contributed by atoms with van der Waals surface area (Å²) in [4.78, 5) is 0. The Labute approximate surface area is 83.8 Å². The summed E-state index contributed by atoms with van der Waals surface area (Å²) in [6.07, 6.45) is 0.730. The Kier molecular flexibility index (Phi) is 4.56. The molecular formula is C11H16FNO. The maximum atomic E-state index is 13.1. The Bertz CT molecular complexity index is 289. The van der Waals surface area contributed by atoms with Crippen molar-refractivity contribution in [2.75, 3.05) is 13.2 Å². The van der Waals surface area contributed by atoms with Crippen molar-refractivity contribution in [3.8, 4) is 0 Å². The lowest BCUT2D eigenvalue weighted by molar-refractivity contribution is 0.286. The summed E-state index contributed by atoms with van der Waals surface area (Å²) in [7, 11) is 0. The standard InChI is InChI=1S/C11H16FNO/c1-9-3-4-10(7-11(9)12)8-13-5-2-6-14/h3-4,7,13-14H,2,5-6,8H2,1H3. The molecule has 0 heterocycles. The first kappa shape index (κ1) is 11.1. The molecule has 0 atom stereocenters. The smallest absolute Gasteiger partial charge is 0.126 e. The van der Waals surface area contributed by atoms with Crippen LogP contribution in [0.5, 0.6) is 0 Å². The number of aliphatic hydroxyl groups is 1. The third-order valence-electron chi connectivity index (χ3n) is 2.08. The lowest BCUT2D eigenvalue weighted by atomic mass is 10.1. The fourth-order valence-corrected chi connectivity index (χ4v) is 1.18. The summed E-state index contributed by atoms with van der Waals surface area (Å²) in [5, 5.41) is 11.7. The molecule has 1 aromatic carbocycles. The molecule has 1 aromatic rings. The molecule has 0 bridgehead atoms. The van der Waals surface area contributed by atoms with E-state index in [1.165, 1.54) is 0 Å². The van der Waals surface area contributed by atoms with Gasteiger partial charge in [-0.15, -0.1) is 0 Å². The number of benzene rings is 1. The number of halogens is 1. The van der Waals surface area contributed by atoms with Gasteiger partial charge < -0.3 is 10.4 Å². The molecule has 3 heteroatoms. The Morgan fingerprint density at radius 2 is 2.21 bits per heavy atom. The molecule has 0 aromatic heterocycles. The van der Waals surface area contributed by atoms with Crippen molar-refractivity contribution in [2.24, 2.45) is 0 Å². The van der Waals surface area contributed by atoms with Crippen molar-refractivity contribution in [3.63, 3.8) is 0 Å². The fourth-order valence-electron chi connectivity index (χ4n) is 1.18. The maximum Gasteiger partial charge on any atom is 0.126 e. The van der Waals surface area contributed by atoms with E-state index in [1.54, 1.807) is 19.1 Å². The maximum absolute atomic E-state index is 13.1. The predicted octanol–water partition coefficient (Wildman–Crippen LogP) is 1.61. The third-order valence-corrected chi connectivity index (χ3v) is 2.08. The molecule has 78 valence electrons. The molecule has 0 unspecified atom stereocenters. The van der Waals surface area contributed by atoms with Gasteiger partial charge in [0, 0.05) is 13.2 Å². The first-order valence-electron chi connectivity index (χ1n) is 4.80. The highest BCUT2D eigenvalue weighted by Crippen LogP contribution is 2.08. The zero-order valence-corrected chi connectivity index (χ0v) is 8.39. The number of aliphatic hydroxyl groups excluding tert-OH is 1. The van der Waals surface area contributed by atoms with Crippen LogP contribution in [0.3, 0.4) is 0 Å². The van der Waals surface area contributed by atoms with Crippen LogP contribution in [0.4, 0.5) is 4.39 Å². The van der Waals surface area contributed by atoms with Crippen LogP contribution in [-0.2, 0) is 6.54 Å². The van der Waals surface area contributed by atoms with Crippen LogP contribution >= 0.6 is 0 Å².